The Hall–Kier alpha value is -1.17. The first kappa shape index (κ1) is 13.8. The van der Waals surface area contributed by atoms with Gasteiger partial charge in [0.2, 0.25) is 0 Å². The molecular weight excluding hydrogens is 248 g/mol. The maximum absolute atomic E-state index is 12.5. The Morgan fingerprint density at radius 3 is 2.25 bits per heavy atom. The fourth-order valence-electron chi connectivity index (χ4n) is 5.20. The first-order valence-electron chi connectivity index (χ1n) is 8.14. The van der Waals surface area contributed by atoms with E-state index in [0.29, 0.717) is 6.54 Å². The van der Waals surface area contributed by atoms with Crippen LogP contribution >= 0.6 is 0 Å². The summed E-state index contributed by atoms with van der Waals surface area (Å²) >= 11 is 0. The molecule has 0 aliphatic heterocycles. The number of hydrogen-bond donors (Lipinski definition) is 1. The molecule has 20 heavy (non-hydrogen) atoms. The van der Waals surface area contributed by atoms with Gasteiger partial charge >= 0.3 is 6.03 Å². The summed E-state index contributed by atoms with van der Waals surface area (Å²) in [6.07, 6.45) is 14.1. The molecule has 0 heterocycles. The molecule has 4 fully saturated rings. The predicted octanol–water partition coefficient (Wildman–Crippen LogP) is 3.01. The van der Waals surface area contributed by atoms with E-state index in [1.807, 2.05) is 0 Å². The molecule has 0 spiro atoms. The summed E-state index contributed by atoms with van der Waals surface area (Å²) in [4.78, 5) is 14.3. The fourth-order valence-corrected chi connectivity index (χ4v) is 5.20. The Labute approximate surface area is 122 Å². The lowest BCUT2D eigenvalue weighted by atomic mass is 9.53. The standard InChI is InChI=1S/C17H26N2O/c1-3-5-19(6-4-2)16(20)18-17-10-13-7-14(11-17)9-15(8-13)12-17/h1,13-15H,4-12H2,2H3,(H,18,20). The molecule has 110 valence electrons. The van der Waals surface area contributed by atoms with Crippen LogP contribution in [0.5, 0.6) is 0 Å². The average molecular weight is 274 g/mol. The van der Waals surface area contributed by atoms with Crippen LogP contribution in [0.1, 0.15) is 51.9 Å². The Balaban J connectivity index is 1.67. The lowest BCUT2D eigenvalue weighted by Crippen LogP contribution is -2.61. The van der Waals surface area contributed by atoms with E-state index < -0.39 is 0 Å². The second kappa shape index (κ2) is 5.31. The lowest BCUT2D eigenvalue weighted by molar-refractivity contribution is -0.0154. The van der Waals surface area contributed by atoms with Gasteiger partial charge in [-0.05, 0) is 62.7 Å². The van der Waals surface area contributed by atoms with Crippen LogP contribution in [0.25, 0.3) is 0 Å². The van der Waals surface area contributed by atoms with Crippen LogP contribution in [-0.2, 0) is 0 Å². The van der Waals surface area contributed by atoms with E-state index in [2.05, 4.69) is 18.2 Å². The Kier molecular flexibility index (Phi) is 3.67. The van der Waals surface area contributed by atoms with E-state index >= 15 is 0 Å². The fraction of sp³-hybridized carbons (Fsp3) is 0.824. The minimum Gasteiger partial charge on any atom is -0.333 e. The zero-order valence-corrected chi connectivity index (χ0v) is 12.5. The summed E-state index contributed by atoms with van der Waals surface area (Å²) in [5.41, 5.74) is 0.0897. The molecule has 4 aliphatic rings. The predicted molar refractivity (Wildman–Crippen MR) is 80.1 cm³/mol. The van der Waals surface area contributed by atoms with Crippen molar-refractivity contribution in [1.82, 2.24) is 10.2 Å². The molecule has 0 radical (unpaired) electrons. The number of nitrogens with one attached hydrogen (secondary N) is 1. The molecule has 4 aliphatic carbocycles. The van der Waals surface area contributed by atoms with E-state index in [1.165, 1.54) is 38.5 Å². The summed E-state index contributed by atoms with van der Waals surface area (Å²) in [5.74, 6) is 5.17. The highest BCUT2D eigenvalue weighted by molar-refractivity contribution is 5.75. The topological polar surface area (TPSA) is 32.3 Å². The second-order valence-corrected chi connectivity index (χ2v) is 7.25. The number of hydrogen-bond acceptors (Lipinski definition) is 1. The molecule has 1 N–H and O–H groups in total. The van der Waals surface area contributed by atoms with Gasteiger partial charge in [0.25, 0.3) is 0 Å². The van der Waals surface area contributed by atoms with Crippen molar-refractivity contribution in [3.63, 3.8) is 0 Å². The number of rotatable bonds is 4. The Bertz CT molecular complexity index is 388. The normalized spacial score (nSPS) is 37.5. The third kappa shape index (κ3) is 2.53. The van der Waals surface area contributed by atoms with Crippen molar-refractivity contribution in [2.24, 2.45) is 17.8 Å². The van der Waals surface area contributed by atoms with Crippen LogP contribution in [0.15, 0.2) is 0 Å². The Morgan fingerprint density at radius 2 is 1.80 bits per heavy atom. The summed E-state index contributed by atoms with van der Waals surface area (Å²) < 4.78 is 0. The van der Waals surface area contributed by atoms with Crippen molar-refractivity contribution in [1.29, 1.82) is 0 Å². The van der Waals surface area contributed by atoms with Gasteiger partial charge in [-0.2, -0.15) is 0 Å². The molecule has 0 unspecified atom stereocenters. The number of nitrogens with zero attached hydrogens (tertiary/aromatic N) is 1. The Morgan fingerprint density at radius 1 is 1.25 bits per heavy atom. The van der Waals surface area contributed by atoms with Crippen molar-refractivity contribution in [3.8, 4) is 12.3 Å². The second-order valence-electron chi connectivity index (χ2n) is 7.25. The molecule has 4 rings (SSSR count). The molecule has 0 saturated heterocycles. The molecule has 3 heteroatoms. The summed E-state index contributed by atoms with van der Waals surface area (Å²) in [5, 5.41) is 3.39. The molecule has 2 amide bonds. The van der Waals surface area contributed by atoms with E-state index in [1.54, 1.807) is 4.90 Å². The van der Waals surface area contributed by atoms with Gasteiger partial charge in [-0.1, -0.05) is 12.8 Å². The maximum Gasteiger partial charge on any atom is 0.318 e. The van der Waals surface area contributed by atoms with Crippen LogP contribution in [0.4, 0.5) is 4.79 Å². The SMILES string of the molecule is C#CCN(CCC)C(=O)NC12CC3CC(CC(C3)C1)C2. The smallest absolute Gasteiger partial charge is 0.318 e. The van der Waals surface area contributed by atoms with Crippen LogP contribution < -0.4 is 5.32 Å². The number of carbonyl (C=O) groups is 1. The van der Waals surface area contributed by atoms with E-state index in [9.17, 15) is 4.79 Å². The zero-order chi connectivity index (χ0) is 14.2. The van der Waals surface area contributed by atoms with Gasteiger partial charge in [-0.3, -0.25) is 0 Å². The molecule has 0 aromatic heterocycles. The summed E-state index contributed by atoms with van der Waals surface area (Å²) in [6, 6.07) is 0.0618. The number of terminal acetylenes is 1. The van der Waals surface area contributed by atoms with Crippen LogP contribution in [-0.4, -0.2) is 29.6 Å². The molecule has 4 saturated carbocycles. The monoisotopic (exact) mass is 274 g/mol. The molecule has 0 atom stereocenters. The van der Waals surface area contributed by atoms with Crippen LogP contribution in [0.3, 0.4) is 0 Å². The molecule has 0 aromatic carbocycles. The highest BCUT2D eigenvalue weighted by Gasteiger charge is 2.51. The number of amides is 2. The van der Waals surface area contributed by atoms with E-state index in [4.69, 9.17) is 6.42 Å². The first-order valence-corrected chi connectivity index (χ1v) is 8.14. The highest BCUT2D eigenvalue weighted by atomic mass is 16.2. The lowest BCUT2D eigenvalue weighted by Gasteiger charge is -2.57. The van der Waals surface area contributed by atoms with Crippen molar-refractivity contribution >= 4 is 6.03 Å². The quantitative estimate of drug-likeness (QED) is 0.785. The van der Waals surface area contributed by atoms with Gasteiger partial charge in [0, 0.05) is 12.1 Å². The highest BCUT2D eigenvalue weighted by Crippen LogP contribution is 2.55. The third-order valence-corrected chi connectivity index (χ3v) is 5.47. The first-order chi connectivity index (χ1) is 9.64. The zero-order valence-electron chi connectivity index (χ0n) is 12.5. The molecule has 3 nitrogen and oxygen atoms in total. The summed E-state index contributed by atoms with van der Waals surface area (Å²) in [6.45, 7) is 3.26. The van der Waals surface area contributed by atoms with Crippen molar-refractivity contribution < 1.29 is 4.79 Å². The number of urea groups is 1. The minimum atomic E-state index is 0.0618. The third-order valence-electron chi connectivity index (χ3n) is 5.47. The van der Waals surface area contributed by atoms with E-state index in [0.717, 1.165) is 30.7 Å². The van der Waals surface area contributed by atoms with Gasteiger partial charge in [0.05, 0.1) is 6.54 Å². The average Bonchev–Trinajstić information content (AvgIpc) is 2.36. The van der Waals surface area contributed by atoms with Crippen molar-refractivity contribution in [2.75, 3.05) is 13.1 Å². The largest absolute Gasteiger partial charge is 0.333 e. The van der Waals surface area contributed by atoms with Gasteiger partial charge in [0.1, 0.15) is 0 Å². The van der Waals surface area contributed by atoms with Crippen molar-refractivity contribution in [2.45, 2.75) is 57.4 Å². The molecule has 4 bridgehead atoms. The maximum atomic E-state index is 12.5. The molecular formula is C17H26N2O. The van der Waals surface area contributed by atoms with Gasteiger partial charge in [-0.25, -0.2) is 4.79 Å². The van der Waals surface area contributed by atoms with Crippen molar-refractivity contribution in [3.05, 3.63) is 0 Å². The number of carbonyl (C=O) groups excluding carboxylic acids is 1. The minimum absolute atomic E-state index is 0.0618. The van der Waals surface area contributed by atoms with Gasteiger partial charge in [0.15, 0.2) is 0 Å². The van der Waals surface area contributed by atoms with Crippen LogP contribution in [0.2, 0.25) is 0 Å². The van der Waals surface area contributed by atoms with Gasteiger partial charge < -0.3 is 10.2 Å². The van der Waals surface area contributed by atoms with E-state index in [-0.39, 0.29) is 11.6 Å². The summed E-state index contributed by atoms with van der Waals surface area (Å²) in [7, 11) is 0. The van der Waals surface area contributed by atoms with Gasteiger partial charge in [-0.15, -0.1) is 6.42 Å². The molecule has 0 aromatic rings. The van der Waals surface area contributed by atoms with Crippen LogP contribution in [0, 0.1) is 30.1 Å².